The minimum atomic E-state index is -0.311. The van der Waals surface area contributed by atoms with Gasteiger partial charge in [0.2, 0.25) is 11.8 Å². The quantitative estimate of drug-likeness (QED) is 0.853. The van der Waals surface area contributed by atoms with Crippen molar-refractivity contribution in [1.82, 2.24) is 9.88 Å². The van der Waals surface area contributed by atoms with E-state index in [-0.39, 0.29) is 23.5 Å². The van der Waals surface area contributed by atoms with Crippen molar-refractivity contribution in [3.8, 4) is 0 Å². The fraction of sp³-hybridized carbons (Fsp3) is 0.278. The molecule has 1 unspecified atom stereocenters. The number of nitrogens with one attached hydrogen (secondary N) is 1. The van der Waals surface area contributed by atoms with Crippen LogP contribution in [0.4, 0.5) is 9.52 Å². The van der Waals surface area contributed by atoms with Gasteiger partial charge in [-0.1, -0.05) is 12.1 Å². The largest absolute Gasteiger partial charge is 0.338 e. The molecule has 25 heavy (non-hydrogen) atoms. The van der Waals surface area contributed by atoms with Crippen LogP contribution in [0.15, 0.2) is 41.9 Å². The van der Waals surface area contributed by atoms with Crippen molar-refractivity contribution in [2.75, 3.05) is 18.4 Å². The Morgan fingerprint density at radius 3 is 2.84 bits per heavy atom. The molecule has 130 valence electrons. The third-order valence-corrected chi connectivity index (χ3v) is 4.74. The lowest BCUT2D eigenvalue weighted by Crippen LogP contribution is -2.43. The minimum absolute atomic E-state index is 0.102. The first-order valence-electron chi connectivity index (χ1n) is 8.05. The Morgan fingerprint density at radius 2 is 2.12 bits per heavy atom. The van der Waals surface area contributed by atoms with Crippen molar-refractivity contribution in [1.29, 1.82) is 0 Å². The van der Waals surface area contributed by atoms with Gasteiger partial charge in [0.25, 0.3) is 0 Å². The highest BCUT2D eigenvalue weighted by molar-refractivity contribution is 7.13. The summed E-state index contributed by atoms with van der Waals surface area (Å²) in [6, 6.07) is 5.92. The molecule has 3 rings (SSSR count). The molecule has 0 aliphatic carbocycles. The van der Waals surface area contributed by atoms with Crippen LogP contribution < -0.4 is 5.32 Å². The van der Waals surface area contributed by atoms with Crippen LogP contribution in [0, 0.1) is 11.7 Å². The summed E-state index contributed by atoms with van der Waals surface area (Å²) in [5, 5.41) is 5.16. The number of carbonyl (C=O) groups excluding carboxylic acids is 2. The highest BCUT2D eigenvalue weighted by Crippen LogP contribution is 2.20. The van der Waals surface area contributed by atoms with Crippen LogP contribution in [0.1, 0.15) is 18.4 Å². The van der Waals surface area contributed by atoms with Crippen molar-refractivity contribution < 1.29 is 14.0 Å². The molecule has 2 amide bonds. The van der Waals surface area contributed by atoms with Gasteiger partial charge in [0.15, 0.2) is 5.13 Å². The van der Waals surface area contributed by atoms with Gasteiger partial charge in [0.1, 0.15) is 5.82 Å². The lowest BCUT2D eigenvalue weighted by molar-refractivity contribution is -0.130. The Kier molecular flexibility index (Phi) is 5.55. The molecule has 1 aromatic carbocycles. The third-order valence-electron chi connectivity index (χ3n) is 4.05. The smallest absolute Gasteiger partial charge is 0.246 e. The molecule has 1 atom stereocenters. The standard InChI is InChI=1S/C18H18FN3O2S/c19-15-6-3-13(4-7-15)5-8-16(23)22-10-1-2-14(12-22)17(24)21-18-20-9-11-25-18/h3-9,11,14H,1-2,10,12H2,(H,20,21,24). The number of hydrogen-bond acceptors (Lipinski definition) is 4. The molecule has 1 saturated heterocycles. The first-order valence-corrected chi connectivity index (χ1v) is 8.93. The molecule has 1 aliphatic heterocycles. The third kappa shape index (κ3) is 4.73. The molecule has 1 N–H and O–H groups in total. The van der Waals surface area contributed by atoms with E-state index < -0.39 is 0 Å². The number of benzene rings is 1. The van der Waals surface area contributed by atoms with Gasteiger partial charge in [-0.2, -0.15) is 0 Å². The van der Waals surface area contributed by atoms with E-state index in [4.69, 9.17) is 0 Å². The molecule has 1 aliphatic rings. The van der Waals surface area contributed by atoms with E-state index in [1.54, 1.807) is 34.7 Å². The number of hydrogen-bond donors (Lipinski definition) is 1. The second-order valence-corrected chi connectivity index (χ2v) is 6.73. The number of nitrogens with zero attached hydrogens (tertiary/aromatic N) is 2. The minimum Gasteiger partial charge on any atom is -0.338 e. The molecule has 5 nitrogen and oxygen atoms in total. The van der Waals surface area contributed by atoms with Crippen molar-refractivity contribution in [2.24, 2.45) is 5.92 Å². The van der Waals surface area contributed by atoms with E-state index in [2.05, 4.69) is 10.3 Å². The zero-order valence-electron chi connectivity index (χ0n) is 13.5. The normalized spacial score (nSPS) is 17.6. The summed E-state index contributed by atoms with van der Waals surface area (Å²) in [5.74, 6) is -0.791. The number of anilines is 1. The average molecular weight is 359 g/mol. The average Bonchev–Trinajstić information content (AvgIpc) is 3.14. The number of amides is 2. The van der Waals surface area contributed by atoms with Crippen LogP contribution in [-0.2, 0) is 9.59 Å². The number of thiazole rings is 1. The molecular weight excluding hydrogens is 341 g/mol. The maximum atomic E-state index is 12.9. The lowest BCUT2D eigenvalue weighted by atomic mass is 9.97. The van der Waals surface area contributed by atoms with E-state index in [1.165, 1.54) is 29.5 Å². The summed E-state index contributed by atoms with van der Waals surface area (Å²) < 4.78 is 12.9. The van der Waals surface area contributed by atoms with Gasteiger partial charge in [0.05, 0.1) is 5.92 Å². The van der Waals surface area contributed by atoms with Gasteiger partial charge < -0.3 is 10.2 Å². The van der Waals surface area contributed by atoms with Gasteiger partial charge in [-0.05, 0) is 36.6 Å². The van der Waals surface area contributed by atoms with E-state index in [0.717, 1.165) is 18.4 Å². The fourth-order valence-corrected chi connectivity index (χ4v) is 3.26. The summed E-state index contributed by atoms with van der Waals surface area (Å²) >= 11 is 1.37. The first kappa shape index (κ1) is 17.3. The van der Waals surface area contributed by atoms with Crippen molar-refractivity contribution >= 4 is 34.4 Å². The van der Waals surface area contributed by atoms with Crippen LogP contribution >= 0.6 is 11.3 Å². The van der Waals surface area contributed by atoms with Gasteiger partial charge in [-0.25, -0.2) is 9.37 Å². The molecule has 0 radical (unpaired) electrons. The summed E-state index contributed by atoms with van der Waals surface area (Å²) in [4.78, 5) is 30.4. The summed E-state index contributed by atoms with van der Waals surface area (Å²) in [6.07, 6.45) is 6.29. The number of halogens is 1. The molecule has 0 saturated carbocycles. The highest BCUT2D eigenvalue weighted by Gasteiger charge is 2.27. The number of rotatable bonds is 4. The first-order chi connectivity index (χ1) is 12.1. The van der Waals surface area contributed by atoms with Gasteiger partial charge in [-0.3, -0.25) is 9.59 Å². The molecule has 0 spiro atoms. The summed E-state index contributed by atoms with van der Waals surface area (Å²) in [5.41, 5.74) is 0.754. The summed E-state index contributed by atoms with van der Waals surface area (Å²) in [7, 11) is 0. The predicted molar refractivity (Wildman–Crippen MR) is 95.5 cm³/mol. The Labute approximate surface area is 149 Å². The highest BCUT2D eigenvalue weighted by atomic mass is 32.1. The van der Waals surface area contributed by atoms with E-state index in [1.807, 2.05) is 0 Å². The monoisotopic (exact) mass is 359 g/mol. The molecule has 2 aromatic rings. The topological polar surface area (TPSA) is 62.3 Å². The number of aromatic nitrogens is 1. The van der Waals surface area contributed by atoms with Crippen LogP contribution in [0.5, 0.6) is 0 Å². The fourth-order valence-electron chi connectivity index (χ4n) is 2.73. The van der Waals surface area contributed by atoms with E-state index >= 15 is 0 Å². The maximum absolute atomic E-state index is 12.9. The maximum Gasteiger partial charge on any atom is 0.246 e. The zero-order valence-corrected chi connectivity index (χ0v) is 14.3. The molecular formula is C18H18FN3O2S. The van der Waals surface area contributed by atoms with Crippen molar-refractivity contribution in [2.45, 2.75) is 12.8 Å². The molecule has 2 heterocycles. The van der Waals surface area contributed by atoms with Crippen LogP contribution in [0.25, 0.3) is 6.08 Å². The van der Waals surface area contributed by atoms with Gasteiger partial charge in [0, 0.05) is 30.7 Å². The Bertz CT molecular complexity index is 759. The Balaban J connectivity index is 1.57. The Morgan fingerprint density at radius 1 is 1.32 bits per heavy atom. The molecule has 1 fully saturated rings. The second kappa shape index (κ2) is 8.02. The van der Waals surface area contributed by atoms with Gasteiger partial charge >= 0.3 is 0 Å². The Hall–Kier alpha value is -2.54. The molecule has 1 aromatic heterocycles. The van der Waals surface area contributed by atoms with Crippen LogP contribution in [0.2, 0.25) is 0 Å². The number of piperidine rings is 1. The van der Waals surface area contributed by atoms with Gasteiger partial charge in [-0.15, -0.1) is 11.3 Å². The second-order valence-electron chi connectivity index (χ2n) is 5.83. The van der Waals surface area contributed by atoms with Crippen LogP contribution in [0.3, 0.4) is 0 Å². The van der Waals surface area contributed by atoms with Crippen LogP contribution in [-0.4, -0.2) is 34.8 Å². The van der Waals surface area contributed by atoms with E-state index in [0.29, 0.717) is 18.2 Å². The summed E-state index contributed by atoms with van der Waals surface area (Å²) in [6.45, 7) is 1.03. The van der Waals surface area contributed by atoms with Crippen molar-refractivity contribution in [3.63, 3.8) is 0 Å². The SMILES string of the molecule is O=C(Nc1nccs1)C1CCCN(C(=O)C=Cc2ccc(F)cc2)C1. The molecule has 7 heteroatoms. The zero-order chi connectivity index (χ0) is 17.6. The molecule has 0 bridgehead atoms. The lowest BCUT2D eigenvalue weighted by Gasteiger charge is -2.31. The van der Waals surface area contributed by atoms with E-state index in [9.17, 15) is 14.0 Å². The number of likely N-dealkylation sites (tertiary alicyclic amines) is 1. The number of carbonyl (C=O) groups is 2. The van der Waals surface area contributed by atoms with Crippen molar-refractivity contribution in [3.05, 3.63) is 53.3 Å². The predicted octanol–water partition coefficient (Wildman–Crippen LogP) is 3.17.